The summed E-state index contributed by atoms with van der Waals surface area (Å²) in [7, 11) is 1.39. The zero-order valence-electron chi connectivity index (χ0n) is 10.1. The van der Waals surface area contributed by atoms with Crippen LogP contribution in [-0.4, -0.2) is 24.2 Å². The minimum Gasteiger partial charge on any atom is -0.481 e. The predicted octanol–water partition coefficient (Wildman–Crippen LogP) is 1.83. The van der Waals surface area contributed by atoms with Crippen LogP contribution in [0.25, 0.3) is 0 Å². The van der Waals surface area contributed by atoms with Gasteiger partial charge in [-0.15, -0.1) is 0 Å². The van der Waals surface area contributed by atoms with Crippen LogP contribution in [0.15, 0.2) is 0 Å². The Hall–Kier alpha value is -1.06. The molecule has 0 saturated heterocycles. The van der Waals surface area contributed by atoms with Gasteiger partial charge in [0, 0.05) is 6.42 Å². The molecule has 0 aliphatic heterocycles. The molecule has 2 unspecified atom stereocenters. The molecule has 0 radical (unpaired) electrons. The molecule has 0 aromatic heterocycles. The van der Waals surface area contributed by atoms with Gasteiger partial charge in [0.1, 0.15) is 0 Å². The summed E-state index contributed by atoms with van der Waals surface area (Å²) in [5.74, 6) is 0.352. The zero-order valence-corrected chi connectivity index (χ0v) is 10.1. The highest BCUT2D eigenvalue weighted by atomic mass is 16.5. The van der Waals surface area contributed by atoms with Gasteiger partial charge in [0.2, 0.25) is 0 Å². The van der Waals surface area contributed by atoms with Crippen molar-refractivity contribution in [3.05, 3.63) is 0 Å². The van der Waals surface area contributed by atoms with Gasteiger partial charge >= 0.3 is 11.9 Å². The number of esters is 1. The molecule has 2 atom stereocenters. The van der Waals surface area contributed by atoms with Gasteiger partial charge in [-0.3, -0.25) is 9.59 Å². The van der Waals surface area contributed by atoms with Crippen LogP contribution in [0, 0.1) is 22.7 Å². The summed E-state index contributed by atoms with van der Waals surface area (Å²) in [4.78, 5) is 22.9. The molecule has 0 aromatic carbocycles. The van der Waals surface area contributed by atoms with Crippen molar-refractivity contribution < 1.29 is 19.4 Å². The van der Waals surface area contributed by atoms with Gasteiger partial charge in [-0.1, -0.05) is 0 Å². The van der Waals surface area contributed by atoms with E-state index in [9.17, 15) is 14.7 Å². The van der Waals surface area contributed by atoms with E-state index in [-0.39, 0.29) is 11.4 Å². The Labute approximate surface area is 100 Å². The molecule has 0 aromatic rings. The molecule has 4 fully saturated rings. The molecule has 4 heteroatoms. The largest absolute Gasteiger partial charge is 0.481 e. The summed E-state index contributed by atoms with van der Waals surface area (Å²) >= 11 is 0. The summed E-state index contributed by atoms with van der Waals surface area (Å²) in [6, 6.07) is 0. The van der Waals surface area contributed by atoms with Crippen molar-refractivity contribution in [2.75, 3.05) is 7.11 Å². The summed E-state index contributed by atoms with van der Waals surface area (Å²) in [6.45, 7) is 0. The summed E-state index contributed by atoms with van der Waals surface area (Å²) in [5, 5.41) is 9.56. The molecule has 1 N–H and O–H groups in total. The number of carbonyl (C=O) groups is 2. The second-order valence-corrected chi connectivity index (χ2v) is 6.08. The third-order valence-electron chi connectivity index (χ3n) is 5.65. The van der Waals surface area contributed by atoms with Gasteiger partial charge < -0.3 is 9.84 Å². The Balaban J connectivity index is 1.83. The van der Waals surface area contributed by atoms with E-state index in [1.807, 2.05) is 0 Å². The Kier molecular flexibility index (Phi) is 2.11. The Bertz CT molecular complexity index is 373. The average Bonchev–Trinajstić information content (AvgIpc) is 2.96. The van der Waals surface area contributed by atoms with Crippen LogP contribution in [0.1, 0.15) is 38.5 Å². The van der Waals surface area contributed by atoms with Gasteiger partial charge in [0.05, 0.1) is 12.5 Å². The smallest absolute Gasteiger partial charge is 0.310 e. The highest BCUT2D eigenvalue weighted by molar-refractivity contribution is 5.78. The van der Waals surface area contributed by atoms with Crippen LogP contribution in [0.4, 0.5) is 0 Å². The first kappa shape index (κ1) is 11.1. The third-order valence-corrected chi connectivity index (χ3v) is 5.65. The number of hydrogen-bond donors (Lipinski definition) is 1. The monoisotopic (exact) mass is 238 g/mol. The molecule has 4 saturated carbocycles. The van der Waals surface area contributed by atoms with E-state index in [1.54, 1.807) is 0 Å². The summed E-state index contributed by atoms with van der Waals surface area (Å²) in [5.41, 5.74) is -0.626. The molecule has 0 heterocycles. The van der Waals surface area contributed by atoms with Crippen LogP contribution in [0.2, 0.25) is 0 Å². The second kappa shape index (κ2) is 3.24. The van der Waals surface area contributed by atoms with Crippen molar-refractivity contribution in [2.24, 2.45) is 22.7 Å². The fourth-order valence-corrected chi connectivity index (χ4v) is 4.99. The van der Waals surface area contributed by atoms with E-state index in [1.165, 1.54) is 7.11 Å². The van der Waals surface area contributed by atoms with Crippen molar-refractivity contribution in [3.8, 4) is 0 Å². The number of ether oxygens (including phenoxy) is 1. The molecular weight excluding hydrogens is 220 g/mol. The van der Waals surface area contributed by atoms with Gasteiger partial charge in [0.25, 0.3) is 0 Å². The lowest BCUT2D eigenvalue weighted by atomic mass is 9.65. The van der Waals surface area contributed by atoms with Crippen molar-refractivity contribution >= 4 is 11.9 Å². The molecule has 4 nitrogen and oxygen atoms in total. The standard InChI is InChI=1S/C13H18O4/c1-17-10(14)2-3-12-4-8-6-13(12,11(15)16)7-9(8)5-12/h8-9H,2-7H2,1H3,(H,15,16). The SMILES string of the molecule is COC(=O)CCC12CC3CC1(C(=O)O)CC3C2. The number of carbonyl (C=O) groups excluding carboxylic acids is 1. The van der Waals surface area contributed by atoms with Crippen LogP contribution in [0.5, 0.6) is 0 Å². The van der Waals surface area contributed by atoms with E-state index in [4.69, 9.17) is 0 Å². The van der Waals surface area contributed by atoms with E-state index in [0.29, 0.717) is 24.7 Å². The highest BCUT2D eigenvalue weighted by Crippen LogP contribution is 2.77. The van der Waals surface area contributed by atoms with Crippen LogP contribution in [0.3, 0.4) is 0 Å². The molecule has 0 spiro atoms. The maximum Gasteiger partial charge on any atom is 0.310 e. The fraction of sp³-hybridized carbons (Fsp3) is 0.846. The van der Waals surface area contributed by atoms with Gasteiger partial charge in [-0.25, -0.2) is 0 Å². The molecule has 4 bridgehead atoms. The highest BCUT2D eigenvalue weighted by Gasteiger charge is 2.74. The lowest BCUT2D eigenvalue weighted by molar-refractivity contribution is -0.155. The van der Waals surface area contributed by atoms with Crippen molar-refractivity contribution in [3.63, 3.8) is 0 Å². The zero-order chi connectivity index (χ0) is 12.3. The molecular formula is C13H18O4. The van der Waals surface area contributed by atoms with Crippen molar-refractivity contribution in [2.45, 2.75) is 38.5 Å². The van der Waals surface area contributed by atoms with Gasteiger partial charge in [-0.2, -0.15) is 0 Å². The molecule has 94 valence electrons. The second-order valence-electron chi connectivity index (χ2n) is 6.08. The predicted molar refractivity (Wildman–Crippen MR) is 59.2 cm³/mol. The first-order valence-electron chi connectivity index (χ1n) is 6.33. The number of hydrogen-bond acceptors (Lipinski definition) is 3. The van der Waals surface area contributed by atoms with Crippen LogP contribution in [-0.2, 0) is 14.3 Å². The number of rotatable bonds is 4. The molecule has 4 aliphatic carbocycles. The minimum atomic E-state index is -0.634. The average molecular weight is 238 g/mol. The fourth-order valence-electron chi connectivity index (χ4n) is 4.99. The van der Waals surface area contributed by atoms with Crippen molar-refractivity contribution in [1.29, 1.82) is 0 Å². The Morgan fingerprint density at radius 2 is 1.82 bits per heavy atom. The normalized spacial score (nSPS) is 45.5. The van der Waals surface area contributed by atoms with E-state index < -0.39 is 11.4 Å². The summed E-state index contributed by atoms with van der Waals surface area (Å²) < 4.78 is 4.67. The molecule has 0 amide bonds. The maximum atomic E-state index is 11.6. The number of methoxy groups -OCH3 is 1. The maximum absolute atomic E-state index is 11.6. The van der Waals surface area contributed by atoms with Crippen molar-refractivity contribution in [1.82, 2.24) is 0 Å². The van der Waals surface area contributed by atoms with Gasteiger partial charge in [-0.05, 0) is 49.4 Å². The number of aliphatic carboxylic acids is 1. The summed E-state index contributed by atoms with van der Waals surface area (Å²) in [6.07, 6.45) is 4.77. The molecule has 4 aliphatic rings. The first-order chi connectivity index (χ1) is 8.03. The van der Waals surface area contributed by atoms with E-state index in [0.717, 1.165) is 25.7 Å². The Morgan fingerprint density at radius 3 is 2.29 bits per heavy atom. The lowest BCUT2D eigenvalue weighted by Gasteiger charge is -2.37. The number of carboxylic acids is 1. The van der Waals surface area contributed by atoms with Crippen LogP contribution < -0.4 is 0 Å². The number of carboxylic acid groups (broad SMARTS) is 1. The minimum absolute atomic E-state index is 0.109. The molecule has 17 heavy (non-hydrogen) atoms. The molecule has 4 rings (SSSR count). The van der Waals surface area contributed by atoms with Crippen LogP contribution >= 0.6 is 0 Å². The van der Waals surface area contributed by atoms with E-state index >= 15 is 0 Å². The third kappa shape index (κ3) is 1.19. The quantitative estimate of drug-likeness (QED) is 0.759. The topological polar surface area (TPSA) is 63.6 Å². The first-order valence-corrected chi connectivity index (χ1v) is 6.33. The lowest BCUT2D eigenvalue weighted by Crippen LogP contribution is -2.40. The van der Waals surface area contributed by atoms with E-state index in [2.05, 4.69) is 4.74 Å². The Morgan fingerprint density at radius 1 is 1.24 bits per heavy atom. The van der Waals surface area contributed by atoms with Gasteiger partial charge in [0.15, 0.2) is 0 Å².